The quantitative estimate of drug-likeness (QED) is 0.554. The summed E-state index contributed by atoms with van der Waals surface area (Å²) in [6.07, 6.45) is 1.89. The van der Waals surface area contributed by atoms with E-state index in [9.17, 15) is 19.6 Å². The lowest BCUT2D eigenvalue weighted by Gasteiger charge is -2.17. The first-order valence-corrected chi connectivity index (χ1v) is 10.9. The monoisotopic (exact) mass is 473 g/mol. The first kappa shape index (κ1) is 22.8. The highest BCUT2D eigenvalue weighted by atomic mass is 35.5. The molecule has 174 valence electrons. The molecule has 0 saturated carbocycles. The molecule has 3 aromatic heterocycles. The van der Waals surface area contributed by atoms with Gasteiger partial charge in [0.2, 0.25) is 11.2 Å². The first-order chi connectivity index (χ1) is 15.6. The van der Waals surface area contributed by atoms with Crippen LogP contribution in [0.1, 0.15) is 29.7 Å². The first-order valence-electron chi connectivity index (χ1n) is 10.5. The van der Waals surface area contributed by atoms with Gasteiger partial charge in [0.15, 0.2) is 11.2 Å². The molecule has 1 aliphatic heterocycles. The van der Waals surface area contributed by atoms with Crippen molar-refractivity contribution in [2.24, 2.45) is 14.1 Å². The highest BCUT2D eigenvalue weighted by Gasteiger charge is 2.25. The van der Waals surface area contributed by atoms with Crippen molar-refractivity contribution in [1.29, 1.82) is 5.26 Å². The van der Waals surface area contributed by atoms with Crippen molar-refractivity contribution in [3.63, 3.8) is 0 Å². The standard InChI is InChI=1S/C21H24ClN7O4/c1-11-12(2)28(9-13-6-5-7-33-13)17(14(11)8-23)24-15(30)10-29-16-18(25-20(29)22)26(3)21(32)27(4)19(16)31/h13H,5-7,9-10H2,1-4H3,(H,24,30)/t13-/m0/s1. The average molecular weight is 474 g/mol. The summed E-state index contributed by atoms with van der Waals surface area (Å²) < 4.78 is 11.0. The van der Waals surface area contributed by atoms with Crippen LogP contribution in [0.2, 0.25) is 5.28 Å². The minimum absolute atomic E-state index is 0.00837. The zero-order chi connectivity index (χ0) is 24.0. The van der Waals surface area contributed by atoms with Crippen molar-refractivity contribution in [1.82, 2.24) is 23.3 Å². The van der Waals surface area contributed by atoms with Gasteiger partial charge >= 0.3 is 5.69 Å². The summed E-state index contributed by atoms with van der Waals surface area (Å²) in [7, 11) is 2.82. The molecule has 1 amide bonds. The van der Waals surface area contributed by atoms with Crippen molar-refractivity contribution in [3.8, 4) is 6.07 Å². The van der Waals surface area contributed by atoms with Gasteiger partial charge in [0.1, 0.15) is 18.4 Å². The number of fused-ring (bicyclic) bond motifs is 1. The second-order valence-electron chi connectivity index (χ2n) is 8.18. The van der Waals surface area contributed by atoms with Crippen molar-refractivity contribution in [2.75, 3.05) is 11.9 Å². The van der Waals surface area contributed by atoms with Crippen LogP contribution < -0.4 is 16.6 Å². The molecule has 0 aromatic carbocycles. The fourth-order valence-corrected chi connectivity index (χ4v) is 4.45. The van der Waals surface area contributed by atoms with E-state index in [-0.39, 0.29) is 29.1 Å². The van der Waals surface area contributed by atoms with Gasteiger partial charge in [-0.15, -0.1) is 0 Å². The topological polar surface area (TPSA) is 129 Å². The number of aryl methyl sites for hydroxylation is 1. The molecule has 1 atom stereocenters. The number of anilines is 1. The van der Waals surface area contributed by atoms with E-state index in [1.54, 1.807) is 0 Å². The Balaban J connectivity index is 1.71. The fourth-order valence-electron chi connectivity index (χ4n) is 4.23. The number of carbonyl (C=O) groups excluding carboxylic acids is 1. The van der Waals surface area contributed by atoms with Crippen molar-refractivity contribution >= 4 is 34.5 Å². The van der Waals surface area contributed by atoms with E-state index in [0.29, 0.717) is 24.5 Å². The normalized spacial score (nSPS) is 15.8. The Kier molecular flexibility index (Phi) is 5.90. The van der Waals surface area contributed by atoms with E-state index in [2.05, 4.69) is 16.4 Å². The van der Waals surface area contributed by atoms with E-state index < -0.39 is 17.2 Å². The molecule has 1 saturated heterocycles. The van der Waals surface area contributed by atoms with Gasteiger partial charge in [0, 0.05) is 26.4 Å². The molecule has 3 aromatic rings. The van der Waals surface area contributed by atoms with Gasteiger partial charge in [-0.25, -0.2) is 4.79 Å². The number of carbonyl (C=O) groups is 1. The zero-order valence-electron chi connectivity index (χ0n) is 18.8. The lowest BCUT2D eigenvalue weighted by Crippen LogP contribution is -2.38. The smallest absolute Gasteiger partial charge is 0.332 e. The summed E-state index contributed by atoms with van der Waals surface area (Å²) in [5.74, 6) is -0.108. The zero-order valence-corrected chi connectivity index (χ0v) is 19.6. The lowest BCUT2D eigenvalue weighted by molar-refractivity contribution is -0.116. The number of rotatable bonds is 5. The van der Waals surface area contributed by atoms with E-state index >= 15 is 0 Å². The second kappa shape index (κ2) is 8.53. The molecule has 1 aliphatic rings. The summed E-state index contributed by atoms with van der Waals surface area (Å²) in [4.78, 5) is 42.0. The third-order valence-corrected chi connectivity index (χ3v) is 6.50. The van der Waals surface area contributed by atoms with Crippen LogP contribution in [0.15, 0.2) is 9.59 Å². The fraction of sp³-hybridized carbons (Fsp3) is 0.476. The third-order valence-electron chi connectivity index (χ3n) is 6.21. The molecule has 0 aliphatic carbocycles. The Morgan fingerprint density at radius 2 is 2.00 bits per heavy atom. The van der Waals surface area contributed by atoms with Crippen LogP contribution in [0, 0.1) is 25.2 Å². The largest absolute Gasteiger partial charge is 0.376 e. The number of amides is 1. The van der Waals surface area contributed by atoms with Crippen molar-refractivity contribution in [2.45, 2.75) is 45.9 Å². The number of nitriles is 1. The predicted octanol–water partition coefficient (Wildman–Crippen LogP) is 1.19. The van der Waals surface area contributed by atoms with Crippen LogP contribution in [0.4, 0.5) is 5.82 Å². The molecule has 12 heteroatoms. The molecule has 4 heterocycles. The van der Waals surface area contributed by atoms with Crippen LogP contribution in [0.3, 0.4) is 0 Å². The van der Waals surface area contributed by atoms with Gasteiger partial charge in [0.25, 0.3) is 5.56 Å². The minimum Gasteiger partial charge on any atom is -0.376 e. The number of imidazole rings is 1. The van der Waals surface area contributed by atoms with Gasteiger partial charge in [-0.05, 0) is 43.9 Å². The molecular formula is C21H24ClN7O4. The Hall–Kier alpha value is -3.36. The molecule has 1 N–H and O–H groups in total. The van der Waals surface area contributed by atoms with Crippen LogP contribution in [-0.2, 0) is 36.7 Å². The number of aromatic nitrogens is 5. The summed E-state index contributed by atoms with van der Waals surface area (Å²) in [6.45, 7) is 4.61. The minimum atomic E-state index is -0.605. The maximum Gasteiger partial charge on any atom is 0.332 e. The Morgan fingerprint density at radius 1 is 1.27 bits per heavy atom. The highest BCUT2D eigenvalue weighted by Crippen LogP contribution is 2.28. The Labute approximate surface area is 193 Å². The summed E-state index contributed by atoms with van der Waals surface area (Å²) in [5, 5.41) is 12.4. The highest BCUT2D eigenvalue weighted by molar-refractivity contribution is 6.29. The maximum atomic E-state index is 13.1. The van der Waals surface area contributed by atoms with Gasteiger partial charge in [-0.1, -0.05) is 0 Å². The van der Waals surface area contributed by atoms with Gasteiger partial charge in [-0.3, -0.25) is 23.3 Å². The van der Waals surface area contributed by atoms with Crippen molar-refractivity contribution in [3.05, 3.63) is 42.9 Å². The predicted molar refractivity (Wildman–Crippen MR) is 121 cm³/mol. The molecule has 4 rings (SSSR count). The van der Waals surface area contributed by atoms with E-state index in [4.69, 9.17) is 16.3 Å². The Bertz CT molecular complexity index is 1430. The molecule has 0 radical (unpaired) electrons. The van der Waals surface area contributed by atoms with Crippen LogP contribution in [-0.4, -0.2) is 41.9 Å². The van der Waals surface area contributed by atoms with Gasteiger partial charge in [0.05, 0.1) is 18.2 Å². The number of nitrogens with zero attached hydrogens (tertiary/aromatic N) is 6. The number of hydrogen-bond acceptors (Lipinski definition) is 6. The van der Waals surface area contributed by atoms with Gasteiger partial charge < -0.3 is 14.6 Å². The lowest BCUT2D eigenvalue weighted by atomic mass is 10.2. The summed E-state index contributed by atoms with van der Waals surface area (Å²) >= 11 is 6.23. The molecule has 1 fully saturated rings. The van der Waals surface area contributed by atoms with Crippen LogP contribution >= 0.6 is 11.6 Å². The molecule has 0 spiro atoms. The average Bonchev–Trinajstić information content (AvgIpc) is 3.46. The number of ether oxygens (including phenoxy) is 1. The third kappa shape index (κ3) is 3.75. The summed E-state index contributed by atoms with van der Waals surface area (Å²) in [6, 6.07) is 2.17. The molecule has 11 nitrogen and oxygen atoms in total. The van der Waals surface area contributed by atoms with Crippen LogP contribution in [0.25, 0.3) is 11.2 Å². The van der Waals surface area contributed by atoms with E-state index in [0.717, 1.165) is 28.7 Å². The van der Waals surface area contributed by atoms with Crippen molar-refractivity contribution < 1.29 is 9.53 Å². The molecule has 0 unspecified atom stereocenters. The van der Waals surface area contributed by atoms with Gasteiger partial charge in [-0.2, -0.15) is 10.2 Å². The number of nitrogens with one attached hydrogen (secondary N) is 1. The summed E-state index contributed by atoms with van der Waals surface area (Å²) in [5.41, 5.74) is 1.00. The van der Waals surface area contributed by atoms with E-state index in [1.165, 1.54) is 23.2 Å². The molecule has 0 bridgehead atoms. The number of halogens is 1. The Morgan fingerprint density at radius 3 is 2.64 bits per heavy atom. The molecular weight excluding hydrogens is 450 g/mol. The SMILES string of the molecule is Cc1c(C#N)c(NC(=O)Cn2c(Cl)nc3c2c(=O)n(C)c(=O)n3C)n(C[C@@H]2CCCO2)c1C. The van der Waals surface area contributed by atoms with E-state index in [1.807, 2.05) is 18.4 Å². The molecule has 33 heavy (non-hydrogen) atoms. The number of hydrogen-bond donors (Lipinski definition) is 1. The van der Waals surface area contributed by atoms with Crippen LogP contribution in [0.5, 0.6) is 0 Å². The maximum absolute atomic E-state index is 13.1. The second-order valence-corrected chi connectivity index (χ2v) is 8.52.